The molecule has 3 N–H and O–H groups in total. The van der Waals surface area contributed by atoms with Gasteiger partial charge in [-0.15, -0.1) is 0 Å². The minimum atomic E-state index is -0.383. The van der Waals surface area contributed by atoms with Gasteiger partial charge in [0.2, 0.25) is 11.8 Å². The maximum absolute atomic E-state index is 12.4. The summed E-state index contributed by atoms with van der Waals surface area (Å²) in [5, 5.41) is 2.75. The Hall–Kier alpha value is -4.03. The molecule has 0 bridgehead atoms. The van der Waals surface area contributed by atoms with Crippen LogP contribution in [0.4, 0.5) is 0 Å². The van der Waals surface area contributed by atoms with Gasteiger partial charge >= 0.3 is 0 Å². The van der Waals surface area contributed by atoms with Crippen molar-refractivity contribution in [2.24, 2.45) is 61.9 Å². The fourth-order valence-corrected chi connectivity index (χ4v) is 8.20. The van der Waals surface area contributed by atoms with Crippen LogP contribution >= 0.6 is 0 Å². The molecule has 2 unspecified atom stereocenters. The van der Waals surface area contributed by atoms with Gasteiger partial charge in [0.25, 0.3) is 0 Å². The molecule has 2 amide bonds. The number of unbranched alkanes of at least 4 members (excludes halogenated alkanes) is 1. The second-order valence-corrected chi connectivity index (χ2v) is 29.2. The van der Waals surface area contributed by atoms with Gasteiger partial charge in [0.1, 0.15) is 40.5 Å². The topological polar surface area (TPSA) is 195 Å². The molecule has 0 aromatic heterocycles. The fraction of sp³-hybridized carbons (Fsp3) is 0.776. The normalized spacial score (nSPS) is 14.3. The van der Waals surface area contributed by atoms with Crippen molar-refractivity contribution < 1.29 is 43.2 Å². The standard InChI is InChI=1S/C20H28O3.C16H31NO2.C11H19NO2.C10H20O.C8H16O.C2H7N/c1-15(21)14-17-10-8-16(9-11-17)12-13-18(22)6-5-7-19(23)20(2,3)4;1-15(2,3)13(18)11-12(9-7-8-10-17)14(19)16(4,5)6;1-7(2)12-9(13)6-8(10(12)14)11(3,4)5;1-8(2)6-9(11)7-10(3,4)5;1-6(2)7(9)8(3,4)5;1-3-2/h8-11H,5-7,12-14H2,1-4H3;12H,7-11,17H2,1-6H3;7-8H,6H2,1-5H3;8H,6-7H2,1-5H3;6H,1-5H3;3H,1-2H3. The number of ketones is 7. The summed E-state index contributed by atoms with van der Waals surface area (Å²) < 4.78 is 0. The van der Waals surface area contributed by atoms with Gasteiger partial charge in [-0.05, 0) is 95.0 Å². The van der Waals surface area contributed by atoms with Gasteiger partial charge in [-0.2, -0.15) is 0 Å². The molecule has 1 aliphatic rings. The van der Waals surface area contributed by atoms with Crippen molar-refractivity contribution >= 4 is 52.3 Å². The molecular formula is C67H121N3O9. The van der Waals surface area contributed by atoms with Crippen LogP contribution < -0.4 is 11.1 Å². The first-order valence-corrected chi connectivity index (χ1v) is 29.4. The van der Waals surface area contributed by atoms with E-state index in [4.69, 9.17) is 5.73 Å². The van der Waals surface area contributed by atoms with Gasteiger partial charge in [0.05, 0.1) is 5.92 Å². The molecule has 0 aliphatic carbocycles. The SMILES string of the molecule is CC(=O)Cc1ccc(CCC(=O)CCCC(=O)C(C)(C)C)cc1.CC(C)(C)C(=O)CC(CCCCN)C(=O)C(C)(C)C.CC(C)C(=O)C(C)(C)C.CC(C)CC(=O)CC(C)(C)C.CC(C)N1C(=O)CC(C(C)(C)C)C1=O.CNC. The molecule has 0 saturated carbocycles. The number of hydrogen-bond acceptors (Lipinski definition) is 11. The average Bonchev–Trinajstić information content (AvgIpc) is 3.58. The summed E-state index contributed by atoms with van der Waals surface area (Å²) >= 11 is 0. The number of benzene rings is 1. The summed E-state index contributed by atoms with van der Waals surface area (Å²) in [7, 11) is 3.75. The van der Waals surface area contributed by atoms with Crippen LogP contribution in [0.25, 0.3) is 0 Å². The highest BCUT2D eigenvalue weighted by Crippen LogP contribution is 2.36. The summed E-state index contributed by atoms with van der Waals surface area (Å²) in [4.78, 5) is 107. The first-order chi connectivity index (χ1) is 35.5. The summed E-state index contributed by atoms with van der Waals surface area (Å²) in [6.45, 7) is 49.4. The van der Waals surface area contributed by atoms with E-state index in [1.807, 2.05) is 170 Å². The highest BCUT2D eigenvalue weighted by Gasteiger charge is 2.45. The number of aryl methyl sites for hydroxylation is 1. The number of carbonyl (C=O) groups is 9. The predicted octanol–water partition coefficient (Wildman–Crippen LogP) is 14.4. The third kappa shape index (κ3) is 40.7. The van der Waals surface area contributed by atoms with E-state index in [2.05, 4.69) is 39.9 Å². The van der Waals surface area contributed by atoms with E-state index in [-0.39, 0.29) is 97.0 Å². The summed E-state index contributed by atoms with van der Waals surface area (Å²) in [5.41, 5.74) is 6.43. The highest BCUT2D eigenvalue weighted by atomic mass is 16.2. The number of nitrogens with two attached hydrogens (primary N) is 1. The van der Waals surface area contributed by atoms with Crippen molar-refractivity contribution in [1.82, 2.24) is 10.2 Å². The van der Waals surface area contributed by atoms with Gasteiger partial charge in [-0.25, -0.2) is 0 Å². The minimum Gasteiger partial charge on any atom is -0.330 e. The van der Waals surface area contributed by atoms with Gasteiger partial charge in [0, 0.05) is 90.9 Å². The molecular weight excluding hydrogens is 991 g/mol. The van der Waals surface area contributed by atoms with Crippen molar-refractivity contribution in [3.05, 3.63) is 35.4 Å². The van der Waals surface area contributed by atoms with Crippen LogP contribution in [-0.4, -0.2) is 83.9 Å². The number of nitrogens with one attached hydrogen (secondary N) is 1. The molecule has 0 radical (unpaired) electrons. The third-order valence-electron chi connectivity index (χ3n) is 12.6. The second kappa shape index (κ2) is 37.9. The number of likely N-dealkylation sites (tertiary alicyclic amines) is 1. The summed E-state index contributed by atoms with van der Waals surface area (Å²) in [6.07, 6.45) is 8.08. The Bertz CT molecular complexity index is 2000. The maximum Gasteiger partial charge on any atom is 0.233 e. The number of nitrogens with zero attached hydrogens (tertiary/aromatic N) is 1. The Balaban J connectivity index is -0.000000455. The van der Waals surface area contributed by atoms with E-state index >= 15 is 0 Å². The van der Waals surface area contributed by atoms with E-state index < -0.39 is 0 Å². The minimum absolute atomic E-state index is 0.00231. The van der Waals surface area contributed by atoms with Gasteiger partial charge < -0.3 is 11.1 Å². The van der Waals surface area contributed by atoms with Gasteiger partial charge in [0.15, 0.2) is 0 Å². The maximum atomic E-state index is 12.4. The van der Waals surface area contributed by atoms with E-state index in [0.29, 0.717) is 81.8 Å². The van der Waals surface area contributed by atoms with E-state index in [9.17, 15) is 43.2 Å². The lowest BCUT2D eigenvalue weighted by Crippen LogP contribution is -2.38. The number of rotatable bonds is 21. The van der Waals surface area contributed by atoms with Crippen molar-refractivity contribution in [1.29, 1.82) is 0 Å². The number of amides is 2. The van der Waals surface area contributed by atoms with Crippen LogP contribution in [0.3, 0.4) is 0 Å². The Labute approximate surface area is 484 Å². The molecule has 79 heavy (non-hydrogen) atoms. The van der Waals surface area contributed by atoms with Crippen LogP contribution in [0.5, 0.6) is 0 Å². The Kier molecular flexibility index (Phi) is 39.1. The van der Waals surface area contributed by atoms with Crippen molar-refractivity contribution in [2.45, 2.75) is 263 Å². The third-order valence-corrected chi connectivity index (χ3v) is 12.6. The molecule has 1 fully saturated rings. The Morgan fingerprint density at radius 2 is 1.05 bits per heavy atom. The molecule has 2 atom stereocenters. The summed E-state index contributed by atoms with van der Waals surface area (Å²) in [5.74, 6) is 2.02. The molecule has 458 valence electrons. The molecule has 1 aliphatic heterocycles. The van der Waals surface area contributed by atoms with Crippen molar-refractivity contribution in [3.8, 4) is 0 Å². The van der Waals surface area contributed by atoms with Crippen molar-refractivity contribution in [2.75, 3.05) is 20.6 Å². The molecule has 12 nitrogen and oxygen atoms in total. The predicted molar refractivity (Wildman–Crippen MR) is 330 cm³/mol. The van der Waals surface area contributed by atoms with Crippen molar-refractivity contribution in [3.63, 3.8) is 0 Å². The Morgan fingerprint density at radius 1 is 0.595 bits per heavy atom. The summed E-state index contributed by atoms with van der Waals surface area (Å²) in [6, 6.07) is 7.85. The molecule has 2 rings (SSSR count). The Morgan fingerprint density at radius 3 is 1.37 bits per heavy atom. The molecule has 0 spiro atoms. The zero-order valence-corrected chi connectivity index (χ0v) is 55.8. The second-order valence-electron chi connectivity index (χ2n) is 29.2. The van der Waals surface area contributed by atoms with Crippen LogP contribution in [0.1, 0.15) is 255 Å². The number of imide groups is 1. The lowest BCUT2D eigenvalue weighted by molar-refractivity contribution is -0.142. The van der Waals surface area contributed by atoms with Crippen LogP contribution in [0.15, 0.2) is 24.3 Å². The molecule has 12 heteroatoms. The van der Waals surface area contributed by atoms with Crippen LogP contribution in [-0.2, 0) is 56.0 Å². The lowest BCUT2D eigenvalue weighted by atomic mass is 9.76. The largest absolute Gasteiger partial charge is 0.330 e. The number of carbonyl (C=O) groups excluding carboxylic acids is 9. The van der Waals surface area contributed by atoms with Gasteiger partial charge in [-0.3, -0.25) is 48.1 Å². The zero-order chi connectivity index (χ0) is 63.2. The smallest absolute Gasteiger partial charge is 0.233 e. The fourth-order valence-electron chi connectivity index (χ4n) is 8.20. The molecule has 1 heterocycles. The van der Waals surface area contributed by atoms with Crippen LogP contribution in [0, 0.1) is 56.2 Å². The molecule has 1 aromatic rings. The first-order valence-electron chi connectivity index (χ1n) is 29.4. The first kappa shape index (κ1) is 81.4. The number of Topliss-reactive ketones (excluding diaryl/α,β-unsaturated/α-hetero) is 7. The molecule has 1 saturated heterocycles. The van der Waals surface area contributed by atoms with E-state index in [1.165, 1.54) is 4.90 Å². The quantitative estimate of drug-likeness (QED) is 0.0878. The lowest BCUT2D eigenvalue weighted by Gasteiger charge is -2.26. The number of hydrogen-bond donors (Lipinski definition) is 2. The van der Waals surface area contributed by atoms with Gasteiger partial charge in [-0.1, -0.05) is 183 Å². The van der Waals surface area contributed by atoms with Crippen LogP contribution in [0.2, 0.25) is 0 Å². The average molecular weight is 1110 g/mol. The molecule has 1 aromatic carbocycles. The highest BCUT2D eigenvalue weighted by molar-refractivity contribution is 6.04. The monoisotopic (exact) mass is 1110 g/mol. The van der Waals surface area contributed by atoms with E-state index in [0.717, 1.165) is 36.8 Å². The zero-order valence-electron chi connectivity index (χ0n) is 55.8. The van der Waals surface area contributed by atoms with E-state index in [1.54, 1.807) is 6.92 Å².